The topological polar surface area (TPSA) is 101 Å². The van der Waals surface area contributed by atoms with Gasteiger partial charge in [0, 0.05) is 29.6 Å². The number of aliphatic hydroxyl groups excluding tert-OH is 1. The predicted octanol–water partition coefficient (Wildman–Crippen LogP) is 4.72. The van der Waals surface area contributed by atoms with Crippen LogP contribution in [0, 0.1) is 17.0 Å². The average molecular weight is 406 g/mol. The maximum atomic E-state index is 10.8. The summed E-state index contributed by atoms with van der Waals surface area (Å²) in [6, 6.07) is 14.1. The van der Waals surface area contributed by atoms with Crippen molar-refractivity contribution in [1.29, 1.82) is 0 Å². The highest BCUT2D eigenvalue weighted by atomic mass is 32.1. The minimum Gasteiger partial charge on any atom is -0.387 e. The smallest absolute Gasteiger partial charge is 0.269 e. The van der Waals surface area contributed by atoms with E-state index < -0.39 is 11.0 Å². The molecule has 4 rings (SSSR count). The lowest BCUT2D eigenvalue weighted by Crippen LogP contribution is -2.13. The summed E-state index contributed by atoms with van der Waals surface area (Å²) >= 11 is 1.54. The summed E-state index contributed by atoms with van der Waals surface area (Å²) < 4.78 is 0. The zero-order valence-electron chi connectivity index (χ0n) is 15.6. The quantitative estimate of drug-likeness (QED) is 0.355. The van der Waals surface area contributed by atoms with Gasteiger partial charge in [-0.2, -0.15) is 0 Å². The zero-order valence-corrected chi connectivity index (χ0v) is 16.4. The van der Waals surface area contributed by atoms with Crippen molar-refractivity contribution in [3.05, 3.63) is 81.5 Å². The molecule has 2 aromatic heterocycles. The highest BCUT2D eigenvalue weighted by Gasteiger charge is 2.15. The van der Waals surface area contributed by atoms with Gasteiger partial charge in [-0.1, -0.05) is 29.8 Å². The summed E-state index contributed by atoms with van der Waals surface area (Å²) in [5.74, 6) is 0.646. The monoisotopic (exact) mass is 406 g/mol. The van der Waals surface area contributed by atoms with Crippen LogP contribution in [0.25, 0.3) is 21.3 Å². The first-order chi connectivity index (χ1) is 14.0. The van der Waals surface area contributed by atoms with Crippen molar-refractivity contribution < 1.29 is 10.0 Å². The second kappa shape index (κ2) is 7.94. The second-order valence-corrected chi connectivity index (χ2v) is 7.52. The van der Waals surface area contributed by atoms with Gasteiger partial charge >= 0.3 is 0 Å². The number of thiophene rings is 1. The van der Waals surface area contributed by atoms with E-state index in [0.717, 1.165) is 21.3 Å². The SMILES string of the molecule is Cc1ccc(-c2csc3ncnc(NC[C@H](O)c4ccc([N+](=O)[O-])cc4)c23)cc1. The van der Waals surface area contributed by atoms with E-state index in [0.29, 0.717) is 11.4 Å². The van der Waals surface area contributed by atoms with Crippen molar-refractivity contribution in [2.45, 2.75) is 13.0 Å². The maximum absolute atomic E-state index is 10.8. The number of benzene rings is 2. The molecule has 8 heteroatoms. The summed E-state index contributed by atoms with van der Waals surface area (Å²) in [5, 5.41) is 27.4. The Kier molecular flexibility index (Phi) is 5.20. The van der Waals surface area contributed by atoms with Crippen LogP contribution in [0.15, 0.2) is 60.2 Å². The number of nitrogens with zero attached hydrogens (tertiary/aromatic N) is 3. The predicted molar refractivity (Wildman–Crippen MR) is 114 cm³/mol. The third-order valence-electron chi connectivity index (χ3n) is 4.68. The Hall–Kier alpha value is -3.36. The Labute approximate surface area is 170 Å². The molecule has 0 aliphatic rings. The van der Waals surface area contributed by atoms with Gasteiger partial charge in [0.15, 0.2) is 0 Å². The number of rotatable bonds is 6. The van der Waals surface area contributed by atoms with Gasteiger partial charge in [0.2, 0.25) is 0 Å². The van der Waals surface area contributed by atoms with Crippen LogP contribution in [0.4, 0.5) is 11.5 Å². The molecule has 2 heterocycles. The van der Waals surface area contributed by atoms with Crippen LogP contribution >= 0.6 is 11.3 Å². The highest BCUT2D eigenvalue weighted by molar-refractivity contribution is 7.17. The first kappa shape index (κ1) is 19.0. The molecule has 7 nitrogen and oxygen atoms in total. The molecular weight excluding hydrogens is 388 g/mol. The summed E-state index contributed by atoms with van der Waals surface area (Å²) in [5.41, 5.74) is 3.90. The number of nitrogens with one attached hydrogen (secondary N) is 1. The largest absolute Gasteiger partial charge is 0.387 e. The van der Waals surface area contributed by atoms with Gasteiger partial charge in [-0.05, 0) is 30.2 Å². The number of hydrogen-bond donors (Lipinski definition) is 2. The Balaban J connectivity index is 1.58. The Morgan fingerprint density at radius 1 is 1.14 bits per heavy atom. The van der Waals surface area contributed by atoms with E-state index in [1.807, 2.05) is 6.92 Å². The minimum atomic E-state index is -0.831. The van der Waals surface area contributed by atoms with Crippen molar-refractivity contribution in [3.8, 4) is 11.1 Å². The van der Waals surface area contributed by atoms with Crippen molar-refractivity contribution in [2.75, 3.05) is 11.9 Å². The van der Waals surface area contributed by atoms with Gasteiger partial charge in [-0.3, -0.25) is 10.1 Å². The third kappa shape index (κ3) is 3.94. The van der Waals surface area contributed by atoms with E-state index in [9.17, 15) is 15.2 Å². The molecule has 0 saturated heterocycles. The molecule has 2 aromatic carbocycles. The number of nitro groups is 1. The van der Waals surface area contributed by atoms with Gasteiger partial charge in [0.25, 0.3) is 5.69 Å². The Morgan fingerprint density at radius 2 is 1.86 bits per heavy atom. The molecule has 0 radical (unpaired) electrons. The molecule has 0 bridgehead atoms. The molecule has 0 saturated carbocycles. The number of hydrogen-bond acceptors (Lipinski definition) is 7. The lowest BCUT2D eigenvalue weighted by molar-refractivity contribution is -0.384. The number of aliphatic hydroxyl groups is 1. The lowest BCUT2D eigenvalue weighted by Gasteiger charge is -2.13. The molecule has 0 unspecified atom stereocenters. The summed E-state index contributed by atoms with van der Waals surface area (Å²) in [4.78, 5) is 19.9. The molecular formula is C21H18N4O3S. The number of aromatic nitrogens is 2. The van der Waals surface area contributed by atoms with E-state index in [1.165, 1.54) is 24.0 Å². The van der Waals surface area contributed by atoms with Crippen LogP contribution in [-0.4, -0.2) is 26.5 Å². The number of aryl methyl sites for hydroxylation is 1. The molecule has 0 amide bonds. The fourth-order valence-electron chi connectivity index (χ4n) is 3.08. The maximum Gasteiger partial charge on any atom is 0.269 e. The van der Waals surface area contributed by atoms with Crippen LogP contribution < -0.4 is 5.32 Å². The van der Waals surface area contributed by atoms with Gasteiger partial charge in [-0.25, -0.2) is 9.97 Å². The molecule has 146 valence electrons. The molecule has 0 aliphatic carbocycles. The van der Waals surface area contributed by atoms with E-state index >= 15 is 0 Å². The van der Waals surface area contributed by atoms with Crippen molar-refractivity contribution in [3.63, 3.8) is 0 Å². The molecule has 1 atom stereocenters. The summed E-state index contributed by atoms with van der Waals surface area (Å²) in [7, 11) is 0. The normalized spacial score (nSPS) is 12.1. The molecule has 0 fully saturated rings. The Bertz CT molecular complexity index is 1160. The highest BCUT2D eigenvalue weighted by Crippen LogP contribution is 2.36. The van der Waals surface area contributed by atoms with Gasteiger partial charge in [-0.15, -0.1) is 11.3 Å². The number of anilines is 1. The van der Waals surface area contributed by atoms with Crippen molar-refractivity contribution in [1.82, 2.24) is 9.97 Å². The minimum absolute atomic E-state index is 0.00701. The lowest BCUT2D eigenvalue weighted by atomic mass is 10.0. The number of nitro benzene ring substituents is 1. The van der Waals surface area contributed by atoms with Crippen LogP contribution in [-0.2, 0) is 0 Å². The van der Waals surface area contributed by atoms with E-state index in [1.54, 1.807) is 23.5 Å². The first-order valence-electron chi connectivity index (χ1n) is 8.98. The zero-order chi connectivity index (χ0) is 20.4. The molecule has 2 N–H and O–H groups in total. The van der Waals surface area contributed by atoms with Crippen LogP contribution in [0.1, 0.15) is 17.2 Å². The third-order valence-corrected chi connectivity index (χ3v) is 5.57. The number of fused-ring (bicyclic) bond motifs is 1. The van der Waals surface area contributed by atoms with Crippen molar-refractivity contribution >= 4 is 33.1 Å². The van der Waals surface area contributed by atoms with E-state index in [-0.39, 0.29) is 12.2 Å². The van der Waals surface area contributed by atoms with Gasteiger partial charge in [0.1, 0.15) is 17.0 Å². The standard InChI is InChI=1S/C21H18N4O3S/c1-13-2-4-14(5-3-13)17-11-29-21-19(17)20(23-12-24-21)22-10-18(26)15-6-8-16(9-7-15)25(27)28/h2-9,11-12,18,26H,10H2,1H3,(H,22,23,24)/t18-/m0/s1. The van der Waals surface area contributed by atoms with Crippen LogP contribution in [0.5, 0.6) is 0 Å². The van der Waals surface area contributed by atoms with E-state index in [4.69, 9.17) is 0 Å². The van der Waals surface area contributed by atoms with Gasteiger partial charge in [0.05, 0.1) is 16.4 Å². The van der Waals surface area contributed by atoms with Crippen LogP contribution in [0.2, 0.25) is 0 Å². The molecule has 29 heavy (non-hydrogen) atoms. The molecule has 0 spiro atoms. The summed E-state index contributed by atoms with van der Waals surface area (Å²) in [6.45, 7) is 2.26. The van der Waals surface area contributed by atoms with Crippen molar-refractivity contribution in [2.24, 2.45) is 0 Å². The fraction of sp³-hybridized carbons (Fsp3) is 0.143. The average Bonchev–Trinajstić information content (AvgIpc) is 3.17. The molecule has 0 aliphatic heterocycles. The fourth-order valence-corrected chi connectivity index (χ4v) is 4.00. The molecule has 4 aromatic rings. The van der Waals surface area contributed by atoms with Gasteiger partial charge < -0.3 is 10.4 Å². The first-order valence-corrected chi connectivity index (χ1v) is 9.86. The number of non-ortho nitro benzene ring substituents is 1. The second-order valence-electron chi connectivity index (χ2n) is 6.66. The Morgan fingerprint density at radius 3 is 2.55 bits per heavy atom. The van der Waals surface area contributed by atoms with E-state index in [2.05, 4.69) is 44.9 Å². The van der Waals surface area contributed by atoms with Crippen LogP contribution in [0.3, 0.4) is 0 Å². The summed E-state index contributed by atoms with van der Waals surface area (Å²) in [6.07, 6.45) is 0.667.